The Balaban J connectivity index is 2.07. The molecule has 1 fully saturated rings. The van der Waals surface area contributed by atoms with E-state index in [-0.39, 0.29) is 0 Å². The summed E-state index contributed by atoms with van der Waals surface area (Å²) in [4.78, 5) is 4.93. The van der Waals surface area contributed by atoms with Gasteiger partial charge in [0.05, 0.1) is 0 Å². The zero-order valence-corrected chi connectivity index (χ0v) is 8.36. The van der Waals surface area contributed by atoms with Gasteiger partial charge in [0.25, 0.3) is 0 Å². The van der Waals surface area contributed by atoms with E-state index in [0.717, 1.165) is 0 Å². The molecule has 0 amide bonds. The maximum atomic E-state index is 2.54. The number of likely N-dealkylation sites (N-methyl/N-ethyl adjacent to an activating group) is 1. The average Bonchev–Trinajstić information content (AvgIpc) is 2.04. The molecule has 0 radical (unpaired) electrons. The van der Waals surface area contributed by atoms with Crippen LogP contribution in [0.2, 0.25) is 0 Å². The number of piperazine rings is 1. The second-order valence-corrected chi connectivity index (χ2v) is 4.29. The first kappa shape index (κ1) is 9.36. The Morgan fingerprint density at radius 1 is 1.18 bits per heavy atom. The van der Waals surface area contributed by atoms with Crippen LogP contribution in [0, 0.1) is 0 Å². The Labute approximate surface area is 73.9 Å². The molecule has 2 nitrogen and oxygen atoms in total. The zero-order valence-electron chi connectivity index (χ0n) is 7.55. The molecule has 1 heterocycles. The van der Waals surface area contributed by atoms with Gasteiger partial charge in [-0.15, -0.1) is 11.8 Å². The fourth-order valence-electron chi connectivity index (χ4n) is 1.20. The standard InChI is InChI=1S/C8H18N2S/c1-3-11-8-10-6-4-9(2)5-7-10/h3-8H2,1-2H3. The van der Waals surface area contributed by atoms with Crippen LogP contribution in [0.4, 0.5) is 0 Å². The summed E-state index contributed by atoms with van der Waals surface area (Å²) in [6, 6.07) is 0. The Kier molecular flexibility index (Phi) is 4.26. The Morgan fingerprint density at radius 3 is 2.36 bits per heavy atom. The van der Waals surface area contributed by atoms with Crippen molar-refractivity contribution in [2.75, 3.05) is 44.9 Å². The minimum atomic E-state index is 1.23. The molecule has 11 heavy (non-hydrogen) atoms. The highest BCUT2D eigenvalue weighted by Gasteiger charge is 2.12. The smallest absolute Gasteiger partial charge is 0.0445 e. The predicted molar refractivity (Wildman–Crippen MR) is 52.1 cm³/mol. The number of hydrogen-bond donors (Lipinski definition) is 0. The summed E-state index contributed by atoms with van der Waals surface area (Å²) in [7, 11) is 2.20. The fraction of sp³-hybridized carbons (Fsp3) is 1.00. The van der Waals surface area contributed by atoms with Gasteiger partial charge in [0.2, 0.25) is 0 Å². The molecule has 0 saturated carbocycles. The minimum absolute atomic E-state index is 1.23. The molecule has 0 atom stereocenters. The van der Waals surface area contributed by atoms with E-state index in [1.807, 2.05) is 11.8 Å². The lowest BCUT2D eigenvalue weighted by atomic mass is 10.4. The Bertz CT molecular complexity index is 97.5. The highest BCUT2D eigenvalue weighted by Crippen LogP contribution is 2.06. The van der Waals surface area contributed by atoms with Gasteiger partial charge in [-0.3, -0.25) is 4.90 Å². The van der Waals surface area contributed by atoms with Crippen LogP contribution < -0.4 is 0 Å². The molecule has 0 spiro atoms. The first-order valence-electron chi connectivity index (χ1n) is 4.31. The van der Waals surface area contributed by atoms with Gasteiger partial charge >= 0.3 is 0 Å². The summed E-state index contributed by atoms with van der Waals surface area (Å²) in [5.74, 6) is 2.47. The molecule has 1 saturated heterocycles. The molecule has 0 bridgehead atoms. The molecule has 0 unspecified atom stereocenters. The lowest BCUT2D eigenvalue weighted by molar-refractivity contribution is 0.175. The summed E-state index contributed by atoms with van der Waals surface area (Å²) in [5.41, 5.74) is 0. The molecule has 0 aromatic heterocycles. The number of rotatable bonds is 3. The molecule has 0 aromatic carbocycles. The van der Waals surface area contributed by atoms with E-state index in [2.05, 4.69) is 23.8 Å². The second kappa shape index (κ2) is 5.01. The van der Waals surface area contributed by atoms with Gasteiger partial charge in [-0.1, -0.05) is 6.92 Å². The average molecular weight is 174 g/mol. The molecule has 0 aromatic rings. The van der Waals surface area contributed by atoms with Gasteiger partial charge in [0, 0.05) is 32.1 Å². The molecular formula is C8H18N2S. The van der Waals surface area contributed by atoms with Crippen molar-refractivity contribution in [3.8, 4) is 0 Å². The topological polar surface area (TPSA) is 6.48 Å². The lowest BCUT2D eigenvalue weighted by Gasteiger charge is -2.31. The molecule has 1 aliphatic rings. The van der Waals surface area contributed by atoms with Crippen molar-refractivity contribution < 1.29 is 0 Å². The van der Waals surface area contributed by atoms with Gasteiger partial charge in [-0.2, -0.15) is 0 Å². The quantitative estimate of drug-likeness (QED) is 0.629. The third-order valence-corrected chi connectivity index (χ3v) is 3.03. The van der Waals surface area contributed by atoms with Crippen molar-refractivity contribution in [3.05, 3.63) is 0 Å². The largest absolute Gasteiger partial charge is 0.304 e. The van der Waals surface area contributed by atoms with Crippen molar-refractivity contribution >= 4 is 11.8 Å². The molecule has 66 valence electrons. The first-order valence-corrected chi connectivity index (χ1v) is 5.47. The second-order valence-electron chi connectivity index (χ2n) is 3.04. The summed E-state index contributed by atoms with van der Waals surface area (Å²) < 4.78 is 0. The van der Waals surface area contributed by atoms with Crippen LogP contribution >= 0.6 is 11.8 Å². The van der Waals surface area contributed by atoms with E-state index in [4.69, 9.17) is 0 Å². The zero-order chi connectivity index (χ0) is 8.10. The maximum absolute atomic E-state index is 2.54. The molecule has 1 rings (SSSR count). The Morgan fingerprint density at radius 2 is 1.82 bits per heavy atom. The van der Waals surface area contributed by atoms with E-state index in [9.17, 15) is 0 Å². The van der Waals surface area contributed by atoms with Crippen molar-refractivity contribution in [2.24, 2.45) is 0 Å². The van der Waals surface area contributed by atoms with Gasteiger partial charge < -0.3 is 4.90 Å². The monoisotopic (exact) mass is 174 g/mol. The SMILES string of the molecule is CCSCN1CCN(C)CC1. The van der Waals surface area contributed by atoms with E-state index in [1.54, 1.807) is 0 Å². The van der Waals surface area contributed by atoms with E-state index >= 15 is 0 Å². The third-order valence-electron chi connectivity index (χ3n) is 2.07. The third kappa shape index (κ3) is 3.45. The first-order chi connectivity index (χ1) is 5.33. The summed E-state index contributed by atoms with van der Waals surface area (Å²) in [5, 5.41) is 0. The molecule has 0 N–H and O–H groups in total. The molecule has 0 aliphatic carbocycles. The fourth-order valence-corrected chi connectivity index (χ4v) is 1.90. The highest BCUT2D eigenvalue weighted by molar-refractivity contribution is 7.99. The van der Waals surface area contributed by atoms with Crippen LogP contribution in [0.25, 0.3) is 0 Å². The van der Waals surface area contributed by atoms with Gasteiger partial charge in [-0.05, 0) is 12.8 Å². The minimum Gasteiger partial charge on any atom is -0.304 e. The molecule has 3 heteroatoms. The normalized spacial score (nSPS) is 22.4. The van der Waals surface area contributed by atoms with E-state index < -0.39 is 0 Å². The van der Waals surface area contributed by atoms with E-state index in [0.29, 0.717) is 0 Å². The van der Waals surface area contributed by atoms with Crippen LogP contribution in [-0.2, 0) is 0 Å². The van der Waals surface area contributed by atoms with Crippen LogP contribution in [0.5, 0.6) is 0 Å². The highest BCUT2D eigenvalue weighted by atomic mass is 32.2. The molecule has 1 aliphatic heterocycles. The van der Waals surface area contributed by atoms with Gasteiger partial charge in [0.1, 0.15) is 0 Å². The summed E-state index contributed by atoms with van der Waals surface area (Å²) in [6.07, 6.45) is 0. The van der Waals surface area contributed by atoms with Crippen LogP contribution in [0.3, 0.4) is 0 Å². The van der Waals surface area contributed by atoms with Crippen molar-refractivity contribution in [3.63, 3.8) is 0 Å². The predicted octanol–water partition coefficient (Wildman–Crippen LogP) is 0.944. The van der Waals surface area contributed by atoms with Crippen LogP contribution in [0.1, 0.15) is 6.92 Å². The summed E-state index contributed by atoms with van der Waals surface area (Å²) >= 11 is 2.02. The summed E-state index contributed by atoms with van der Waals surface area (Å²) in [6.45, 7) is 7.21. The van der Waals surface area contributed by atoms with Crippen molar-refractivity contribution in [1.82, 2.24) is 9.80 Å². The van der Waals surface area contributed by atoms with Gasteiger partial charge in [0.15, 0.2) is 0 Å². The lowest BCUT2D eigenvalue weighted by Crippen LogP contribution is -2.44. The van der Waals surface area contributed by atoms with Crippen molar-refractivity contribution in [1.29, 1.82) is 0 Å². The maximum Gasteiger partial charge on any atom is 0.0445 e. The van der Waals surface area contributed by atoms with Crippen molar-refractivity contribution in [2.45, 2.75) is 6.92 Å². The Hall–Kier alpha value is 0.270. The number of hydrogen-bond acceptors (Lipinski definition) is 3. The number of thioether (sulfide) groups is 1. The number of nitrogens with zero attached hydrogens (tertiary/aromatic N) is 2. The van der Waals surface area contributed by atoms with Crippen LogP contribution in [-0.4, -0.2) is 54.7 Å². The van der Waals surface area contributed by atoms with Crippen LogP contribution in [0.15, 0.2) is 0 Å². The van der Waals surface area contributed by atoms with Gasteiger partial charge in [-0.25, -0.2) is 0 Å². The molecular weight excluding hydrogens is 156 g/mol. The van der Waals surface area contributed by atoms with E-state index in [1.165, 1.54) is 37.8 Å².